The van der Waals surface area contributed by atoms with Crippen LogP contribution in [0, 0.1) is 6.92 Å². The summed E-state index contributed by atoms with van der Waals surface area (Å²) in [6.07, 6.45) is 2.02. The van der Waals surface area contributed by atoms with E-state index in [9.17, 15) is 8.42 Å². The summed E-state index contributed by atoms with van der Waals surface area (Å²) in [6, 6.07) is 6.08. The van der Waals surface area contributed by atoms with E-state index in [2.05, 4.69) is 21.7 Å². The minimum Gasteiger partial charge on any atom is -0.496 e. The highest BCUT2D eigenvalue weighted by Gasteiger charge is 2.30. The quantitative estimate of drug-likeness (QED) is 0.573. The molecule has 0 aliphatic rings. The van der Waals surface area contributed by atoms with Crippen LogP contribution in [0.15, 0.2) is 23.2 Å². The van der Waals surface area contributed by atoms with Gasteiger partial charge < -0.3 is 15.4 Å². The first-order valence-electron chi connectivity index (χ1n) is 7.88. The zero-order chi connectivity index (χ0) is 18.4. The summed E-state index contributed by atoms with van der Waals surface area (Å²) in [5, 5.41) is 6.27. The van der Waals surface area contributed by atoms with Gasteiger partial charge in [-0.25, -0.2) is 8.42 Å². The predicted molar refractivity (Wildman–Crippen MR) is 99.7 cm³/mol. The number of hydrogen-bond donors (Lipinski definition) is 2. The molecule has 7 heteroatoms. The molecule has 0 spiro atoms. The molecule has 1 rings (SSSR count). The molecule has 0 amide bonds. The summed E-state index contributed by atoms with van der Waals surface area (Å²) in [7, 11) is 0.179. The van der Waals surface area contributed by atoms with Crippen molar-refractivity contribution in [1.29, 1.82) is 0 Å². The third kappa shape index (κ3) is 5.70. The Balaban J connectivity index is 2.58. The fourth-order valence-corrected chi connectivity index (χ4v) is 2.40. The van der Waals surface area contributed by atoms with E-state index in [0.717, 1.165) is 17.7 Å². The second kappa shape index (κ2) is 8.37. The van der Waals surface area contributed by atoms with Gasteiger partial charge in [0.05, 0.1) is 11.9 Å². The standard InChI is InChI=1S/C17H29N3O3S/c1-13-7-8-15(23-5)14(11-13)9-10-19-16(18-4)20-12-17(2,3)24(6,21)22/h7-8,11H,9-10,12H2,1-6H3,(H2,18,19,20). The van der Waals surface area contributed by atoms with Gasteiger partial charge in [-0.3, -0.25) is 4.99 Å². The molecule has 0 aliphatic heterocycles. The van der Waals surface area contributed by atoms with Gasteiger partial charge >= 0.3 is 0 Å². The number of nitrogens with zero attached hydrogens (tertiary/aromatic N) is 1. The van der Waals surface area contributed by atoms with Crippen LogP contribution in [0.5, 0.6) is 5.75 Å². The lowest BCUT2D eigenvalue weighted by Gasteiger charge is -2.24. The molecule has 1 aromatic carbocycles. The molecule has 136 valence electrons. The molecule has 0 fully saturated rings. The maximum Gasteiger partial charge on any atom is 0.191 e. The van der Waals surface area contributed by atoms with Crippen molar-refractivity contribution in [2.45, 2.75) is 31.9 Å². The van der Waals surface area contributed by atoms with Crippen LogP contribution in [0.25, 0.3) is 0 Å². The van der Waals surface area contributed by atoms with Crippen LogP contribution >= 0.6 is 0 Å². The number of aryl methyl sites for hydroxylation is 1. The summed E-state index contributed by atoms with van der Waals surface area (Å²) < 4.78 is 28.0. The van der Waals surface area contributed by atoms with E-state index in [4.69, 9.17) is 4.74 Å². The lowest BCUT2D eigenvalue weighted by molar-refractivity contribution is 0.409. The third-order valence-corrected chi connectivity index (χ3v) is 6.18. The fourth-order valence-electron chi connectivity index (χ4n) is 2.07. The van der Waals surface area contributed by atoms with Crippen molar-refractivity contribution in [3.8, 4) is 5.75 Å². The molecule has 0 heterocycles. The summed E-state index contributed by atoms with van der Waals surface area (Å²) in [6.45, 7) is 6.39. The maximum absolute atomic E-state index is 11.7. The Morgan fingerprint density at radius 3 is 2.50 bits per heavy atom. The van der Waals surface area contributed by atoms with E-state index < -0.39 is 14.6 Å². The van der Waals surface area contributed by atoms with Crippen LogP contribution in [-0.2, 0) is 16.3 Å². The molecule has 2 N–H and O–H groups in total. The first-order chi connectivity index (χ1) is 11.1. The average Bonchev–Trinajstić information content (AvgIpc) is 2.49. The number of aliphatic imine (C=N–C) groups is 1. The lowest BCUT2D eigenvalue weighted by Crippen LogP contribution is -2.48. The van der Waals surface area contributed by atoms with Crippen LogP contribution in [0.1, 0.15) is 25.0 Å². The molecule has 0 atom stereocenters. The minimum absolute atomic E-state index is 0.291. The van der Waals surface area contributed by atoms with E-state index >= 15 is 0 Å². The van der Waals surface area contributed by atoms with Crippen LogP contribution in [-0.4, -0.2) is 52.6 Å². The highest BCUT2D eigenvalue weighted by molar-refractivity contribution is 7.92. The van der Waals surface area contributed by atoms with Gasteiger partial charge in [0.1, 0.15) is 5.75 Å². The first kappa shape index (κ1) is 20.3. The molecule has 0 saturated carbocycles. The number of hydrogen-bond acceptors (Lipinski definition) is 4. The van der Waals surface area contributed by atoms with Crippen LogP contribution in [0.2, 0.25) is 0 Å². The monoisotopic (exact) mass is 355 g/mol. The zero-order valence-corrected chi connectivity index (χ0v) is 16.3. The van der Waals surface area contributed by atoms with Crippen LogP contribution in [0.3, 0.4) is 0 Å². The number of guanidine groups is 1. The number of benzene rings is 1. The first-order valence-corrected chi connectivity index (χ1v) is 9.77. The van der Waals surface area contributed by atoms with Crippen LogP contribution < -0.4 is 15.4 Å². The summed E-state index contributed by atoms with van der Waals surface area (Å²) in [5.41, 5.74) is 2.31. The molecular weight excluding hydrogens is 326 g/mol. The predicted octanol–water partition coefficient (Wildman–Crippen LogP) is 1.53. The van der Waals surface area contributed by atoms with Crippen molar-refractivity contribution in [3.63, 3.8) is 0 Å². The van der Waals surface area contributed by atoms with E-state index in [1.54, 1.807) is 28.0 Å². The summed E-state index contributed by atoms with van der Waals surface area (Å²) >= 11 is 0. The Kier molecular flexibility index (Phi) is 7.08. The molecule has 6 nitrogen and oxygen atoms in total. The zero-order valence-electron chi connectivity index (χ0n) is 15.4. The van der Waals surface area contributed by atoms with Gasteiger partial charge in [0.25, 0.3) is 0 Å². The van der Waals surface area contributed by atoms with Crippen molar-refractivity contribution < 1.29 is 13.2 Å². The highest BCUT2D eigenvalue weighted by Crippen LogP contribution is 2.19. The van der Waals surface area contributed by atoms with Gasteiger partial charge in [-0.15, -0.1) is 0 Å². The summed E-state index contributed by atoms with van der Waals surface area (Å²) in [4.78, 5) is 4.13. The Hall–Kier alpha value is -1.76. The molecule has 0 radical (unpaired) electrons. The largest absolute Gasteiger partial charge is 0.496 e. The van der Waals surface area contributed by atoms with Crippen molar-refractivity contribution in [2.24, 2.45) is 4.99 Å². The van der Waals surface area contributed by atoms with Crippen molar-refractivity contribution in [1.82, 2.24) is 10.6 Å². The Morgan fingerprint density at radius 2 is 1.96 bits per heavy atom. The fraction of sp³-hybridized carbons (Fsp3) is 0.588. The van der Waals surface area contributed by atoms with Gasteiger partial charge in [-0.05, 0) is 38.8 Å². The molecule has 1 aromatic rings. The Bertz CT molecular complexity index is 682. The van der Waals surface area contributed by atoms with E-state index in [-0.39, 0.29) is 0 Å². The Morgan fingerprint density at radius 1 is 1.29 bits per heavy atom. The van der Waals surface area contributed by atoms with Crippen LogP contribution in [0.4, 0.5) is 0 Å². The lowest BCUT2D eigenvalue weighted by atomic mass is 10.1. The van der Waals surface area contributed by atoms with Crippen molar-refractivity contribution in [3.05, 3.63) is 29.3 Å². The van der Waals surface area contributed by atoms with E-state index in [1.165, 1.54) is 11.8 Å². The maximum atomic E-state index is 11.7. The van der Waals surface area contributed by atoms with Gasteiger partial charge in [0.15, 0.2) is 15.8 Å². The number of rotatable bonds is 7. The molecular formula is C17H29N3O3S. The van der Waals surface area contributed by atoms with Gasteiger partial charge in [-0.2, -0.15) is 0 Å². The SMILES string of the molecule is CN=C(NCCc1cc(C)ccc1OC)NCC(C)(C)S(C)(=O)=O. The van der Waals surface area contributed by atoms with Gasteiger partial charge in [0, 0.05) is 26.4 Å². The third-order valence-electron chi connectivity index (χ3n) is 4.03. The minimum atomic E-state index is -3.15. The summed E-state index contributed by atoms with van der Waals surface area (Å²) in [5.74, 6) is 1.45. The van der Waals surface area contributed by atoms with Crippen molar-refractivity contribution in [2.75, 3.05) is 33.5 Å². The number of ether oxygens (including phenoxy) is 1. The van der Waals surface area contributed by atoms with Gasteiger partial charge in [0.2, 0.25) is 0 Å². The van der Waals surface area contributed by atoms with E-state index in [0.29, 0.717) is 19.0 Å². The number of methoxy groups -OCH3 is 1. The van der Waals surface area contributed by atoms with Gasteiger partial charge in [-0.1, -0.05) is 17.7 Å². The average molecular weight is 356 g/mol. The Labute approximate surface area is 145 Å². The normalized spacial score (nSPS) is 12.8. The topological polar surface area (TPSA) is 79.8 Å². The smallest absolute Gasteiger partial charge is 0.191 e. The second-order valence-electron chi connectivity index (χ2n) is 6.45. The molecule has 0 aromatic heterocycles. The molecule has 24 heavy (non-hydrogen) atoms. The number of nitrogens with one attached hydrogen (secondary N) is 2. The van der Waals surface area contributed by atoms with E-state index in [1.807, 2.05) is 19.1 Å². The van der Waals surface area contributed by atoms with Crippen molar-refractivity contribution >= 4 is 15.8 Å². The molecule has 0 unspecified atom stereocenters. The molecule has 0 aliphatic carbocycles. The molecule has 0 bridgehead atoms. The molecule has 0 saturated heterocycles. The number of sulfone groups is 1. The highest BCUT2D eigenvalue weighted by atomic mass is 32.2. The second-order valence-corrected chi connectivity index (χ2v) is 9.10.